The Kier molecular flexibility index (Phi) is 5.51. The summed E-state index contributed by atoms with van der Waals surface area (Å²) in [5.41, 5.74) is 2.06. The molecule has 0 spiro atoms. The van der Waals surface area contributed by atoms with Crippen LogP contribution >= 0.6 is 35.0 Å². The number of thioether (sulfide) groups is 1. The number of nitrogens with one attached hydrogen (secondary N) is 1. The molecule has 0 unspecified atom stereocenters. The van der Waals surface area contributed by atoms with E-state index in [9.17, 15) is 4.79 Å². The zero-order chi connectivity index (χ0) is 15.4. The number of benzene rings is 1. The van der Waals surface area contributed by atoms with Gasteiger partial charge >= 0.3 is 0 Å². The molecule has 0 atom stereocenters. The summed E-state index contributed by atoms with van der Waals surface area (Å²) in [5.74, 6) is 0.543. The minimum absolute atomic E-state index is 0.129. The third-order valence-corrected chi connectivity index (χ3v) is 4.57. The van der Waals surface area contributed by atoms with E-state index in [1.54, 1.807) is 24.3 Å². The first kappa shape index (κ1) is 16.1. The maximum atomic E-state index is 12.0. The van der Waals surface area contributed by atoms with Crippen LogP contribution in [0, 0.1) is 6.92 Å². The number of aryl methyl sites for hydroxylation is 1. The molecule has 1 aromatic heterocycles. The van der Waals surface area contributed by atoms with Crippen molar-refractivity contribution in [1.29, 1.82) is 0 Å². The van der Waals surface area contributed by atoms with Crippen LogP contribution in [0.15, 0.2) is 40.8 Å². The normalized spacial score (nSPS) is 10.6. The predicted octanol–water partition coefficient (Wildman–Crippen LogP) is 4.41. The zero-order valence-corrected chi connectivity index (χ0v) is 13.8. The molecule has 0 saturated heterocycles. The van der Waals surface area contributed by atoms with Crippen LogP contribution in [0.4, 0.5) is 0 Å². The van der Waals surface area contributed by atoms with Gasteiger partial charge in [0.05, 0.1) is 0 Å². The number of rotatable bonds is 5. The molecule has 110 valence electrons. The summed E-state index contributed by atoms with van der Waals surface area (Å²) in [6.07, 6.45) is 2.20. The Hall–Kier alpha value is -1.23. The smallest absolute Gasteiger partial charge is 0.255 e. The maximum Gasteiger partial charge on any atom is 0.255 e. The van der Waals surface area contributed by atoms with Gasteiger partial charge in [0.25, 0.3) is 5.56 Å². The van der Waals surface area contributed by atoms with E-state index in [0.29, 0.717) is 38.6 Å². The second kappa shape index (κ2) is 7.16. The number of aromatic amines is 1. The Balaban J connectivity index is 2.21. The Labute approximate surface area is 137 Å². The van der Waals surface area contributed by atoms with Crippen molar-refractivity contribution < 1.29 is 0 Å². The van der Waals surface area contributed by atoms with Crippen LogP contribution in [0.25, 0.3) is 0 Å². The van der Waals surface area contributed by atoms with Crippen LogP contribution in [0.2, 0.25) is 10.0 Å². The van der Waals surface area contributed by atoms with E-state index in [1.807, 2.05) is 6.92 Å². The Morgan fingerprint density at radius 2 is 2.00 bits per heavy atom. The van der Waals surface area contributed by atoms with Crippen LogP contribution in [0.5, 0.6) is 0 Å². The fourth-order valence-electron chi connectivity index (χ4n) is 1.85. The highest BCUT2D eigenvalue weighted by Gasteiger charge is 2.10. The van der Waals surface area contributed by atoms with E-state index in [0.717, 1.165) is 5.56 Å². The molecule has 1 aromatic carbocycles. The summed E-state index contributed by atoms with van der Waals surface area (Å²) in [7, 11) is 0. The third kappa shape index (κ3) is 3.90. The molecule has 0 fully saturated rings. The first-order chi connectivity index (χ1) is 10.0. The fraction of sp³-hybridized carbons (Fsp3) is 0.200. The molecule has 2 rings (SSSR count). The van der Waals surface area contributed by atoms with Crippen molar-refractivity contribution in [2.24, 2.45) is 0 Å². The van der Waals surface area contributed by atoms with Gasteiger partial charge < -0.3 is 4.98 Å². The monoisotopic (exact) mass is 340 g/mol. The molecule has 0 aliphatic carbocycles. The van der Waals surface area contributed by atoms with Crippen LogP contribution in [-0.4, -0.2) is 9.97 Å². The molecule has 0 amide bonds. The van der Waals surface area contributed by atoms with Crippen LogP contribution in [0.1, 0.15) is 16.8 Å². The summed E-state index contributed by atoms with van der Waals surface area (Å²) in [5, 5.41) is 1.77. The van der Waals surface area contributed by atoms with Gasteiger partial charge in [-0.15, -0.1) is 6.58 Å². The van der Waals surface area contributed by atoms with E-state index in [2.05, 4.69) is 16.5 Å². The average Bonchev–Trinajstić information content (AvgIpc) is 2.42. The summed E-state index contributed by atoms with van der Waals surface area (Å²) in [6.45, 7) is 5.46. The molecule has 0 saturated carbocycles. The van der Waals surface area contributed by atoms with Crippen molar-refractivity contribution in [1.82, 2.24) is 9.97 Å². The second-order valence-electron chi connectivity index (χ2n) is 4.42. The first-order valence-electron chi connectivity index (χ1n) is 6.29. The van der Waals surface area contributed by atoms with Gasteiger partial charge in [0, 0.05) is 27.1 Å². The van der Waals surface area contributed by atoms with Gasteiger partial charge in [-0.1, -0.05) is 47.1 Å². The van der Waals surface area contributed by atoms with Gasteiger partial charge in [-0.3, -0.25) is 4.79 Å². The molecule has 6 heteroatoms. The lowest BCUT2D eigenvalue weighted by Gasteiger charge is -2.08. The number of allylic oxidation sites excluding steroid dienone is 1. The number of hydrogen-bond donors (Lipinski definition) is 1. The van der Waals surface area contributed by atoms with Gasteiger partial charge in [-0.25, -0.2) is 4.98 Å². The minimum atomic E-state index is -0.129. The average molecular weight is 341 g/mol. The number of nitrogens with zero attached hydrogens (tertiary/aromatic N) is 1. The number of aromatic nitrogens is 2. The Morgan fingerprint density at radius 3 is 2.57 bits per heavy atom. The van der Waals surface area contributed by atoms with Crippen LogP contribution in [-0.2, 0) is 12.2 Å². The van der Waals surface area contributed by atoms with E-state index in [1.165, 1.54) is 11.8 Å². The van der Waals surface area contributed by atoms with Crippen molar-refractivity contribution in [2.45, 2.75) is 24.3 Å². The fourth-order valence-corrected chi connectivity index (χ4v) is 3.50. The summed E-state index contributed by atoms with van der Waals surface area (Å²) < 4.78 is 0. The van der Waals surface area contributed by atoms with Gasteiger partial charge in [0.1, 0.15) is 0 Å². The molecule has 1 heterocycles. The number of hydrogen-bond acceptors (Lipinski definition) is 3. The van der Waals surface area contributed by atoms with Crippen LogP contribution < -0.4 is 5.56 Å². The standard InChI is InChI=1S/C15H14Cl2N2OS/c1-3-5-10-9(2)18-15(19-14(10)20)21-8-11-12(16)6-4-7-13(11)17/h3-4,6-7H,1,5,8H2,2H3,(H,18,19,20). The molecule has 0 bridgehead atoms. The first-order valence-corrected chi connectivity index (χ1v) is 8.03. The van der Waals surface area contributed by atoms with Gasteiger partial charge in [-0.05, 0) is 31.0 Å². The van der Waals surface area contributed by atoms with Crippen molar-refractivity contribution in [2.75, 3.05) is 0 Å². The molecule has 1 N–H and O–H groups in total. The summed E-state index contributed by atoms with van der Waals surface area (Å²) >= 11 is 13.6. The lowest BCUT2D eigenvalue weighted by atomic mass is 10.2. The van der Waals surface area contributed by atoms with Crippen LogP contribution in [0.3, 0.4) is 0 Å². The number of halogens is 2. The largest absolute Gasteiger partial charge is 0.301 e. The molecule has 2 aromatic rings. The maximum absolute atomic E-state index is 12.0. The van der Waals surface area contributed by atoms with Crippen molar-refractivity contribution in [3.63, 3.8) is 0 Å². The lowest BCUT2D eigenvalue weighted by Crippen LogP contribution is -2.16. The van der Waals surface area contributed by atoms with E-state index >= 15 is 0 Å². The second-order valence-corrected chi connectivity index (χ2v) is 6.20. The molecule has 21 heavy (non-hydrogen) atoms. The highest BCUT2D eigenvalue weighted by atomic mass is 35.5. The van der Waals surface area contributed by atoms with Crippen molar-refractivity contribution >= 4 is 35.0 Å². The predicted molar refractivity (Wildman–Crippen MR) is 89.5 cm³/mol. The molecule has 0 radical (unpaired) electrons. The van der Waals surface area contributed by atoms with E-state index in [-0.39, 0.29) is 5.56 Å². The van der Waals surface area contributed by atoms with Gasteiger partial charge in [0.15, 0.2) is 5.16 Å². The summed E-state index contributed by atoms with van der Waals surface area (Å²) in [6, 6.07) is 5.38. The van der Waals surface area contributed by atoms with Crippen molar-refractivity contribution in [3.05, 3.63) is 68.1 Å². The van der Waals surface area contributed by atoms with Gasteiger partial charge in [0.2, 0.25) is 0 Å². The molecular formula is C15H14Cl2N2OS. The van der Waals surface area contributed by atoms with Gasteiger partial charge in [-0.2, -0.15) is 0 Å². The third-order valence-electron chi connectivity index (χ3n) is 2.96. The Bertz CT molecular complexity index is 708. The quantitative estimate of drug-likeness (QED) is 0.498. The minimum Gasteiger partial charge on any atom is -0.301 e. The Morgan fingerprint density at radius 1 is 1.33 bits per heavy atom. The molecular weight excluding hydrogens is 327 g/mol. The summed E-state index contributed by atoms with van der Waals surface area (Å²) in [4.78, 5) is 19.2. The SMILES string of the molecule is C=CCc1c(C)nc(SCc2c(Cl)cccc2Cl)[nH]c1=O. The van der Waals surface area contributed by atoms with E-state index in [4.69, 9.17) is 23.2 Å². The zero-order valence-electron chi connectivity index (χ0n) is 11.5. The van der Waals surface area contributed by atoms with E-state index < -0.39 is 0 Å². The van der Waals surface area contributed by atoms with Crippen molar-refractivity contribution in [3.8, 4) is 0 Å². The lowest BCUT2D eigenvalue weighted by molar-refractivity contribution is 0.871. The highest BCUT2D eigenvalue weighted by Crippen LogP contribution is 2.30. The molecule has 3 nitrogen and oxygen atoms in total. The highest BCUT2D eigenvalue weighted by molar-refractivity contribution is 7.98. The topological polar surface area (TPSA) is 45.8 Å². The number of H-pyrrole nitrogens is 1. The molecule has 0 aliphatic heterocycles. The molecule has 0 aliphatic rings.